The first-order valence-electron chi connectivity index (χ1n) is 2.63. The normalized spacial score (nSPS) is 11.1. The first kappa shape index (κ1) is 9.29. The monoisotopic (exact) mass is 154 g/mol. The predicted molar refractivity (Wildman–Crippen MR) is 28.6 cm³/mol. The summed E-state index contributed by atoms with van der Waals surface area (Å²) in [5.74, 6) is 0. The number of hydrogen-bond donors (Lipinski definition) is 0. The van der Waals surface area contributed by atoms with Gasteiger partial charge in [-0.05, 0) is 0 Å². The van der Waals surface area contributed by atoms with Gasteiger partial charge in [0.05, 0.1) is 6.61 Å². The van der Waals surface area contributed by atoms with Crippen LogP contribution in [-0.2, 0) is 14.3 Å². The van der Waals surface area contributed by atoms with Gasteiger partial charge in [0, 0.05) is 6.92 Å². The van der Waals surface area contributed by atoms with E-state index in [0.29, 0.717) is 6.92 Å². The van der Waals surface area contributed by atoms with Crippen LogP contribution in [0.2, 0.25) is 0 Å². The highest BCUT2D eigenvalue weighted by atomic mass is 19.3. The average molecular weight is 154 g/mol. The lowest BCUT2D eigenvalue weighted by Gasteiger charge is -2.09. The third-order valence-electron chi connectivity index (χ3n) is 0.625. The van der Waals surface area contributed by atoms with Gasteiger partial charge in [0.15, 0.2) is 0 Å². The van der Waals surface area contributed by atoms with Crippen LogP contribution in [0.1, 0.15) is 6.92 Å². The molecule has 0 amide bonds. The maximum Gasteiger partial charge on any atom is 0.353 e. The van der Waals surface area contributed by atoms with Crippen LogP contribution in [0.3, 0.4) is 0 Å². The Morgan fingerprint density at radius 3 is 2.50 bits per heavy atom. The average Bonchev–Trinajstić information content (AvgIpc) is 1.78. The van der Waals surface area contributed by atoms with Gasteiger partial charge in [0.1, 0.15) is 6.61 Å². The van der Waals surface area contributed by atoms with Crippen molar-refractivity contribution in [3.8, 4) is 0 Å². The zero-order chi connectivity index (χ0) is 8.04. The Labute approximate surface area is 56.9 Å². The smallest absolute Gasteiger partial charge is 0.353 e. The summed E-state index contributed by atoms with van der Waals surface area (Å²) in [4.78, 5) is 9.46. The Morgan fingerprint density at radius 2 is 2.10 bits per heavy atom. The van der Waals surface area contributed by atoms with E-state index in [4.69, 9.17) is 0 Å². The van der Waals surface area contributed by atoms with E-state index in [1.165, 1.54) is 0 Å². The van der Waals surface area contributed by atoms with E-state index in [9.17, 15) is 13.6 Å². The van der Waals surface area contributed by atoms with Crippen molar-refractivity contribution >= 4 is 6.47 Å². The van der Waals surface area contributed by atoms with Gasteiger partial charge in [-0.1, -0.05) is 0 Å². The second kappa shape index (κ2) is 4.16. The number of rotatable bonds is 5. The molecule has 0 aliphatic carbocycles. The Morgan fingerprint density at radius 1 is 1.50 bits per heavy atom. The molecule has 0 rings (SSSR count). The highest BCUT2D eigenvalue weighted by Crippen LogP contribution is 2.11. The van der Waals surface area contributed by atoms with Crippen molar-refractivity contribution in [3.63, 3.8) is 0 Å². The molecule has 0 heterocycles. The summed E-state index contributed by atoms with van der Waals surface area (Å²) in [6.07, 6.45) is -3.15. The van der Waals surface area contributed by atoms with E-state index in [0.717, 1.165) is 0 Å². The fourth-order valence-corrected chi connectivity index (χ4v) is 0.317. The number of carbonyl (C=O) groups is 1. The molecule has 0 aromatic carbocycles. The molecule has 0 aromatic heterocycles. The molecule has 0 aromatic rings. The lowest BCUT2D eigenvalue weighted by molar-refractivity contribution is -0.228. The molecule has 0 N–H and O–H groups in total. The molecule has 0 unspecified atom stereocenters. The third kappa shape index (κ3) is 7.29. The molecule has 0 saturated carbocycles. The number of hydrogen-bond acceptors (Lipinski definition) is 3. The Kier molecular flexibility index (Phi) is 3.87. The summed E-state index contributed by atoms with van der Waals surface area (Å²) in [7, 11) is 0. The van der Waals surface area contributed by atoms with Crippen LogP contribution in [0, 0.1) is 0 Å². The number of alkyl halides is 2. The summed E-state index contributed by atoms with van der Waals surface area (Å²) in [5, 5.41) is 0. The zero-order valence-electron chi connectivity index (χ0n) is 5.47. The van der Waals surface area contributed by atoms with Crippen LogP contribution >= 0.6 is 0 Å². The van der Waals surface area contributed by atoms with Gasteiger partial charge >= 0.3 is 6.11 Å². The molecule has 0 aliphatic rings. The minimum Gasteiger partial charge on any atom is -0.465 e. The molecular formula is C5H8F2O3. The van der Waals surface area contributed by atoms with Crippen LogP contribution in [0.5, 0.6) is 0 Å². The molecule has 0 bridgehead atoms. The van der Waals surface area contributed by atoms with Crippen LogP contribution in [0.4, 0.5) is 8.78 Å². The Bertz CT molecular complexity index is 99.6. The summed E-state index contributed by atoms with van der Waals surface area (Å²) in [6.45, 7) is 0.361. The van der Waals surface area contributed by atoms with Crippen LogP contribution < -0.4 is 0 Å². The largest absolute Gasteiger partial charge is 0.465 e. The molecule has 0 atom stereocenters. The summed E-state index contributed by atoms with van der Waals surface area (Å²) >= 11 is 0. The van der Waals surface area contributed by atoms with E-state index < -0.39 is 6.11 Å². The third-order valence-corrected chi connectivity index (χ3v) is 0.625. The van der Waals surface area contributed by atoms with Crippen molar-refractivity contribution < 1.29 is 23.0 Å². The minimum atomic E-state index is -3.15. The molecule has 0 spiro atoms. The van der Waals surface area contributed by atoms with E-state index in [2.05, 4.69) is 9.47 Å². The molecule has 0 fully saturated rings. The molecule has 0 radical (unpaired) electrons. The van der Waals surface area contributed by atoms with Crippen LogP contribution in [0.25, 0.3) is 0 Å². The van der Waals surface area contributed by atoms with Gasteiger partial charge in [-0.2, -0.15) is 8.78 Å². The Balaban J connectivity index is 3.12. The van der Waals surface area contributed by atoms with Gasteiger partial charge in [0.2, 0.25) is 0 Å². The van der Waals surface area contributed by atoms with E-state index in [1.54, 1.807) is 0 Å². The topological polar surface area (TPSA) is 35.5 Å². The molecule has 3 nitrogen and oxygen atoms in total. The van der Waals surface area contributed by atoms with Gasteiger partial charge in [0.25, 0.3) is 6.47 Å². The predicted octanol–water partition coefficient (Wildman–Crippen LogP) is 0.789. The lowest BCUT2D eigenvalue weighted by atomic mass is 10.7. The lowest BCUT2D eigenvalue weighted by Crippen LogP contribution is -2.18. The van der Waals surface area contributed by atoms with E-state index in [-0.39, 0.29) is 19.7 Å². The minimum absolute atomic E-state index is 0.146. The van der Waals surface area contributed by atoms with Gasteiger partial charge in [-0.25, -0.2) is 0 Å². The number of halogens is 2. The summed E-state index contributed by atoms with van der Waals surface area (Å²) in [6, 6.07) is 0. The SMILES string of the molecule is CC(F)(F)OCCOC=O. The fourth-order valence-electron chi connectivity index (χ4n) is 0.317. The van der Waals surface area contributed by atoms with Gasteiger partial charge in [-0.15, -0.1) is 0 Å². The highest BCUT2D eigenvalue weighted by Gasteiger charge is 2.20. The molecule has 0 saturated heterocycles. The van der Waals surface area contributed by atoms with Crippen molar-refractivity contribution in [2.24, 2.45) is 0 Å². The van der Waals surface area contributed by atoms with Crippen LogP contribution in [0.15, 0.2) is 0 Å². The van der Waals surface area contributed by atoms with E-state index >= 15 is 0 Å². The molecule has 0 aliphatic heterocycles. The fraction of sp³-hybridized carbons (Fsp3) is 0.800. The number of ether oxygens (including phenoxy) is 2. The molecule has 5 heteroatoms. The van der Waals surface area contributed by atoms with Gasteiger partial charge in [-0.3, -0.25) is 4.79 Å². The summed E-state index contributed by atoms with van der Waals surface area (Å²) < 4.78 is 31.6. The van der Waals surface area contributed by atoms with Crippen LogP contribution in [-0.4, -0.2) is 25.8 Å². The second-order valence-corrected chi connectivity index (χ2v) is 1.62. The van der Waals surface area contributed by atoms with Crippen molar-refractivity contribution in [1.82, 2.24) is 0 Å². The molecule has 10 heavy (non-hydrogen) atoms. The molecule has 60 valence electrons. The van der Waals surface area contributed by atoms with Gasteiger partial charge < -0.3 is 9.47 Å². The second-order valence-electron chi connectivity index (χ2n) is 1.62. The first-order chi connectivity index (χ1) is 4.56. The summed E-state index contributed by atoms with van der Waals surface area (Å²) in [5.41, 5.74) is 0. The standard InChI is InChI=1S/C5H8F2O3/c1-5(6,7)10-3-2-9-4-8/h4H,2-3H2,1H3. The van der Waals surface area contributed by atoms with Crippen molar-refractivity contribution in [1.29, 1.82) is 0 Å². The number of carbonyl (C=O) groups excluding carboxylic acids is 1. The van der Waals surface area contributed by atoms with Crippen molar-refractivity contribution in [3.05, 3.63) is 0 Å². The van der Waals surface area contributed by atoms with E-state index in [1.807, 2.05) is 0 Å². The Hall–Kier alpha value is -0.710. The highest BCUT2D eigenvalue weighted by molar-refractivity contribution is 5.36. The zero-order valence-corrected chi connectivity index (χ0v) is 5.47. The van der Waals surface area contributed by atoms with Crippen molar-refractivity contribution in [2.75, 3.05) is 13.2 Å². The maximum absolute atomic E-state index is 11.8. The maximum atomic E-state index is 11.8. The quantitative estimate of drug-likeness (QED) is 0.433. The molecular weight excluding hydrogens is 146 g/mol. The first-order valence-corrected chi connectivity index (χ1v) is 2.63. The van der Waals surface area contributed by atoms with Crippen molar-refractivity contribution in [2.45, 2.75) is 13.0 Å².